The zero-order chi connectivity index (χ0) is 24.6. The summed E-state index contributed by atoms with van der Waals surface area (Å²) in [5.74, 6) is -1.43. The molecule has 1 fully saturated rings. The van der Waals surface area contributed by atoms with Crippen LogP contribution in [-0.2, 0) is 0 Å². The molecule has 2 heterocycles. The van der Waals surface area contributed by atoms with E-state index in [-0.39, 0.29) is 44.4 Å². The van der Waals surface area contributed by atoms with Crippen molar-refractivity contribution in [1.82, 2.24) is 10.3 Å². The van der Waals surface area contributed by atoms with Gasteiger partial charge < -0.3 is 21.5 Å². The number of ether oxygens (including phenoxy) is 1. The average molecular weight is 490 g/mol. The highest BCUT2D eigenvalue weighted by Gasteiger charge is 2.42. The second kappa shape index (κ2) is 9.42. The maximum atomic E-state index is 14.5. The fourth-order valence-corrected chi connectivity index (χ4v) is 5.90. The molecule has 182 valence electrons. The molecular weight excluding hydrogens is 460 g/mol. The SMILES string of the molecule is COc1cc(F)c(-c2nc(C(=O)NC3=CN=CCC3(C)C3CC(C)CC(N)C3)c(N)s2)c(F)c1. The van der Waals surface area contributed by atoms with Crippen molar-refractivity contribution in [1.29, 1.82) is 0 Å². The van der Waals surface area contributed by atoms with E-state index in [4.69, 9.17) is 16.2 Å². The zero-order valence-electron chi connectivity index (χ0n) is 19.4. The normalized spacial score (nSPS) is 26.8. The summed E-state index contributed by atoms with van der Waals surface area (Å²) in [6.07, 6.45) is 7.03. The number of hydrogen-bond donors (Lipinski definition) is 3. The third kappa shape index (κ3) is 4.56. The van der Waals surface area contributed by atoms with Gasteiger partial charge in [0.05, 0.1) is 12.7 Å². The number of benzene rings is 1. The highest BCUT2D eigenvalue weighted by Crippen LogP contribution is 2.47. The van der Waals surface area contributed by atoms with E-state index in [2.05, 4.69) is 29.1 Å². The van der Waals surface area contributed by atoms with E-state index >= 15 is 0 Å². The van der Waals surface area contributed by atoms with Crippen molar-refractivity contribution in [3.05, 3.63) is 41.4 Å². The number of halogens is 2. The molecule has 1 aromatic heterocycles. The zero-order valence-corrected chi connectivity index (χ0v) is 20.2. The van der Waals surface area contributed by atoms with Crippen LogP contribution in [0, 0.1) is 28.9 Å². The summed E-state index contributed by atoms with van der Waals surface area (Å²) in [6, 6.07) is 2.23. The van der Waals surface area contributed by atoms with Crippen LogP contribution >= 0.6 is 11.3 Å². The Morgan fingerprint density at radius 3 is 2.62 bits per heavy atom. The Hall–Kier alpha value is -2.85. The number of aliphatic imine (C=N–C) groups is 1. The molecule has 7 nitrogen and oxygen atoms in total. The molecule has 1 aliphatic carbocycles. The number of carbonyl (C=O) groups excluding carboxylic acids is 1. The number of aromatic nitrogens is 1. The Balaban J connectivity index is 1.60. The largest absolute Gasteiger partial charge is 0.497 e. The summed E-state index contributed by atoms with van der Waals surface area (Å²) < 4.78 is 34.0. The highest BCUT2D eigenvalue weighted by atomic mass is 32.1. The lowest BCUT2D eigenvalue weighted by Gasteiger charge is -2.45. The van der Waals surface area contributed by atoms with Gasteiger partial charge in [0.25, 0.3) is 5.91 Å². The Morgan fingerprint density at radius 2 is 1.97 bits per heavy atom. The molecule has 2 aliphatic rings. The number of nitrogens with zero attached hydrogens (tertiary/aromatic N) is 2. The predicted octanol–water partition coefficient (Wildman–Crippen LogP) is 4.49. The number of anilines is 1. The van der Waals surface area contributed by atoms with Crippen molar-refractivity contribution in [3.63, 3.8) is 0 Å². The molecule has 5 N–H and O–H groups in total. The van der Waals surface area contributed by atoms with Crippen LogP contribution in [0.4, 0.5) is 13.8 Å². The first-order valence-corrected chi connectivity index (χ1v) is 12.0. The summed E-state index contributed by atoms with van der Waals surface area (Å²) in [5.41, 5.74) is 12.2. The standard InChI is InChI=1S/C24H29F2N5O2S/c1-12-6-13(8-14(27)7-12)24(2)4-5-29-11-18(24)30-22(32)20-21(28)34-23(31-20)19-16(25)9-15(33-3)10-17(19)26/h5,9-14H,4,6-8,27-28H2,1-3H3,(H,30,32). The molecule has 1 amide bonds. The maximum absolute atomic E-state index is 14.5. The van der Waals surface area contributed by atoms with Crippen molar-refractivity contribution in [2.75, 3.05) is 12.8 Å². The Labute approximate surface area is 201 Å². The summed E-state index contributed by atoms with van der Waals surface area (Å²) in [7, 11) is 1.32. The van der Waals surface area contributed by atoms with Crippen LogP contribution in [-0.4, -0.2) is 30.3 Å². The van der Waals surface area contributed by atoms with Crippen LogP contribution in [0.25, 0.3) is 10.6 Å². The van der Waals surface area contributed by atoms with E-state index in [1.54, 1.807) is 6.20 Å². The van der Waals surface area contributed by atoms with Gasteiger partial charge in [-0.15, -0.1) is 0 Å². The molecule has 0 bridgehead atoms. The van der Waals surface area contributed by atoms with Gasteiger partial charge in [-0.05, 0) is 37.5 Å². The van der Waals surface area contributed by atoms with E-state index in [1.807, 2.05) is 6.21 Å². The van der Waals surface area contributed by atoms with Crippen molar-refractivity contribution >= 4 is 28.5 Å². The summed E-state index contributed by atoms with van der Waals surface area (Å²) in [4.78, 5) is 21.6. The van der Waals surface area contributed by atoms with Crippen LogP contribution in [0.1, 0.15) is 50.0 Å². The van der Waals surface area contributed by atoms with Gasteiger partial charge in [0.1, 0.15) is 27.4 Å². The van der Waals surface area contributed by atoms with Crippen molar-refractivity contribution in [2.45, 2.75) is 45.6 Å². The van der Waals surface area contributed by atoms with Gasteiger partial charge in [0.15, 0.2) is 5.69 Å². The molecule has 2 aromatic rings. The summed E-state index contributed by atoms with van der Waals surface area (Å²) in [5, 5.41) is 2.97. The Morgan fingerprint density at radius 1 is 1.26 bits per heavy atom. The molecule has 4 unspecified atom stereocenters. The molecule has 0 saturated heterocycles. The quantitative estimate of drug-likeness (QED) is 0.572. The second-order valence-electron chi connectivity index (χ2n) is 9.42. The molecule has 34 heavy (non-hydrogen) atoms. The number of amides is 1. The molecule has 4 rings (SSSR count). The van der Waals surface area contributed by atoms with Gasteiger partial charge in [0.2, 0.25) is 0 Å². The van der Waals surface area contributed by atoms with Crippen LogP contribution in [0.3, 0.4) is 0 Å². The minimum atomic E-state index is -0.850. The first-order valence-electron chi connectivity index (χ1n) is 11.2. The minimum absolute atomic E-state index is 0.0224. The number of nitrogens with one attached hydrogen (secondary N) is 1. The van der Waals surface area contributed by atoms with E-state index in [1.165, 1.54) is 7.11 Å². The number of allylic oxidation sites excluding steroid dienone is 1. The first kappa shape index (κ1) is 24.3. The Kier molecular flexibility index (Phi) is 6.73. The fraction of sp³-hybridized carbons (Fsp3) is 0.458. The smallest absolute Gasteiger partial charge is 0.277 e. The number of nitrogen functional groups attached to an aromatic ring is 1. The molecule has 1 aromatic carbocycles. The van der Waals surface area contributed by atoms with E-state index in [0.717, 1.165) is 42.7 Å². The number of methoxy groups -OCH3 is 1. The molecule has 1 aliphatic heterocycles. The molecule has 0 spiro atoms. The van der Waals surface area contributed by atoms with E-state index < -0.39 is 17.5 Å². The lowest BCUT2D eigenvalue weighted by Crippen LogP contribution is -2.45. The van der Waals surface area contributed by atoms with Crippen molar-refractivity contribution < 1.29 is 18.3 Å². The maximum Gasteiger partial charge on any atom is 0.277 e. The van der Waals surface area contributed by atoms with Gasteiger partial charge in [-0.25, -0.2) is 13.8 Å². The lowest BCUT2D eigenvalue weighted by atomic mass is 9.63. The number of hydrogen-bond acceptors (Lipinski definition) is 7. The van der Waals surface area contributed by atoms with Gasteiger partial charge >= 0.3 is 0 Å². The topological polar surface area (TPSA) is 116 Å². The molecule has 0 radical (unpaired) electrons. The van der Waals surface area contributed by atoms with E-state index in [0.29, 0.717) is 18.0 Å². The highest BCUT2D eigenvalue weighted by molar-refractivity contribution is 7.19. The molecular formula is C24H29F2N5O2S. The predicted molar refractivity (Wildman–Crippen MR) is 130 cm³/mol. The number of thiazole rings is 1. The van der Waals surface area contributed by atoms with Gasteiger partial charge in [-0.1, -0.05) is 25.2 Å². The van der Waals surface area contributed by atoms with Crippen LogP contribution in [0.2, 0.25) is 0 Å². The number of carbonyl (C=O) groups is 1. The van der Waals surface area contributed by atoms with Gasteiger partial charge in [0, 0.05) is 41.7 Å². The van der Waals surface area contributed by atoms with Crippen LogP contribution < -0.4 is 21.5 Å². The van der Waals surface area contributed by atoms with Crippen molar-refractivity contribution in [3.8, 4) is 16.3 Å². The van der Waals surface area contributed by atoms with Gasteiger partial charge in [-0.2, -0.15) is 0 Å². The third-order valence-corrected chi connectivity index (χ3v) is 7.80. The third-order valence-electron chi connectivity index (χ3n) is 6.90. The monoisotopic (exact) mass is 489 g/mol. The van der Waals surface area contributed by atoms with Crippen molar-refractivity contribution in [2.24, 2.45) is 28.0 Å². The average Bonchev–Trinajstić information content (AvgIpc) is 3.15. The lowest BCUT2D eigenvalue weighted by molar-refractivity contribution is 0.0917. The summed E-state index contributed by atoms with van der Waals surface area (Å²) in [6.45, 7) is 4.31. The van der Waals surface area contributed by atoms with Crippen LogP contribution in [0.15, 0.2) is 29.0 Å². The van der Waals surface area contributed by atoms with Gasteiger partial charge in [-0.3, -0.25) is 9.79 Å². The fourth-order valence-electron chi connectivity index (χ4n) is 5.02. The van der Waals surface area contributed by atoms with E-state index in [9.17, 15) is 13.6 Å². The Bertz CT molecular complexity index is 1130. The summed E-state index contributed by atoms with van der Waals surface area (Å²) >= 11 is 0.848. The van der Waals surface area contributed by atoms with Crippen LogP contribution in [0.5, 0.6) is 5.75 Å². The number of nitrogens with two attached hydrogens (primary N) is 2. The molecule has 4 atom stereocenters. The molecule has 1 saturated carbocycles. The second-order valence-corrected chi connectivity index (χ2v) is 10.4. The number of rotatable bonds is 5. The first-order chi connectivity index (χ1) is 16.1. The minimum Gasteiger partial charge on any atom is -0.497 e. The molecule has 10 heteroatoms.